The number of methoxy groups -OCH3 is 1. The average molecular weight is 441 g/mol. The van der Waals surface area contributed by atoms with Gasteiger partial charge in [-0.2, -0.15) is 0 Å². The Morgan fingerprint density at radius 2 is 1.87 bits per heavy atom. The molecule has 1 saturated heterocycles. The molecule has 0 atom stereocenters. The van der Waals surface area contributed by atoms with Crippen molar-refractivity contribution in [1.29, 1.82) is 0 Å². The van der Waals surface area contributed by atoms with Crippen molar-refractivity contribution in [3.05, 3.63) is 54.1 Å². The Bertz CT molecular complexity index is 987. The van der Waals surface area contributed by atoms with Gasteiger partial charge in [0.1, 0.15) is 5.75 Å². The zero-order valence-corrected chi connectivity index (χ0v) is 18.0. The quantitative estimate of drug-likeness (QED) is 0.533. The van der Waals surface area contributed by atoms with Crippen LogP contribution in [0.2, 0.25) is 0 Å². The highest BCUT2D eigenvalue weighted by molar-refractivity contribution is 7.99. The summed E-state index contributed by atoms with van der Waals surface area (Å²) in [4.78, 5) is 14.7. The Morgan fingerprint density at radius 1 is 1.13 bits per heavy atom. The van der Waals surface area contributed by atoms with Crippen LogP contribution in [0.15, 0.2) is 53.7 Å². The van der Waals surface area contributed by atoms with Crippen LogP contribution < -0.4 is 15.0 Å². The molecule has 0 saturated carbocycles. The van der Waals surface area contributed by atoms with Gasteiger partial charge < -0.3 is 19.7 Å². The largest absolute Gasteiger partial charge is 0.497 e. The third-order valence-corrected chi connectivity index (χ3v) is 5.81. The van der Waals surface area contributed by atoms with E-state index in [0.29, 0.717) is 11.7 Å². The Kier molecular flexibility index (Phi) is 7.00. The van der Waals surface area contributed by atoms with Crippen LogP contribution in [0, 0.1) is 0 Å². The highest BCUT2D eigenvalue weighted by atomic mass is 32.2. The molecule has 31 heavy (non-hydrogen) atoms. The van der Waals surface area contributed by atoms with Gasteiger partial charge in [-0.05, 0) is 52.4 Å². The van der Waals surface area contributed by atoms with Crippen LogP contribution in [0.5, 0.6) is 5.75 Å². The standard InChI is InChI=1S/C21H24N6O3S/c1-29-19-8-2-16(3-9-19)14-27-21(23-24-25-27)31-15-20(28)22-17-4-6-18(7-5-17)26-10-12-30-13-11-26/h2-9H,10-15H2,1H3,(H,22,28). The molecular weight excluding hydrogens is 416 g/mol. The van der Waals surface area contributed by atoms with E-state index in [2.05, 4.69) is 25.7 Å². The normalized spacial score (nSPS) is 13.8. The van der Waals surface area contributed by atoms with Crippen molar-refractivity contribution in [2.24, 2.45) is 0 Å². The lowest BCUT2D eigenvalue weighted by molar-refractivity contribution is -0.113. The minimum atomic E-state index is -0.108. The lowest BCUT2D eigenvalue weighted by Crippen LogP contribution is -2.36. The number of carbonyl (C=O) groups excluding carboxylic acids is 1. The lowest BCUT2D eigenvalue weighted by Gasteiger charge is -2.28. The van der Waals surface area contributed by atoms with Crippen molar-refractivity contribution >= 4 is 29.0 Å². The van der Waals surface area contributed by atoms with Gasteiger partial charge in [0.25, 0.3) is 0 Å². The third kappa shape index (κ3) is 5.74. The second kappa shape index (κ2) is 10.3. The molecular formula is C21H24N6O3S. The SMILES string of the molecule is COc1ccc(Cn2nnnc2SCC(=O)Nc2ccc(N3CCOCC3)cc2)cc1. The van der Waals surface area contributed by atoms with E-state index >= 15 is 0 Å². The van der Waals surface area contributed by atoms with E-state index in [1.807, 2.05) is 48.5 Å². The molecule has 1 fully saturated rings. The van der Waals surface area contributed by atoms with Crippen molar-refractivity contribution < 1.29 is 14.3 Å². The van der Waals surface area contributed by atoms with E-state index < -0.39 is 0 Å². The van der Waals surface area contributed by atoms with Gasteiger partial charge in [0.2, 0.25) is 11.1 Å². The molecule has 4 rings (SSSR count). The van der Waals surface area contributed by atoms with Gasteiger partial charge in [0.15, 0.2) is 0 Å². The molecule has 0 aliphatic carbocycles. The fraction of sp³-hybridized carbons (Fsp3) is 0.333. The third-order valence-electron chi connectivity index (χ3n) is 4.85. The first-order valence-corrected chi connectivity index (χ1v) is 10.9. The zero-order valence-electron chi connectivity index (χ0n) is 17.2. The number of ether oxygens (including phenoxy) is 2. The van der Waals surface area contributed by atoms with E-state index in [1.54, 1.807) is 11.8 Å². The molecule has 1 amide bonds. The molecule has 3 aromatic rings. The summed E-state index contributed by atoms with van der Waals surface area (Å²) >= 11 is 1.30. The Labute approximate surface area is 184 Å². The fourth-order valence-electron chi connectivity index (χ4n) is 3.21. The molecule has 0 bridgehead atoms. The summed E-state index contributed by atoms with van der Waals surface area (Å²) in [7, 11) is 1.63. The maximum atomic E-state index is 12.4. The number of nitrogens with one attached hydrogen (secondary N) is 1. The number of aromatic nitrogens is 4. The number of nitrogens with zero attached hydrogens (tertiary/aromatic N) is 5. The maximum Gasteiger partial charge on any atom is 0.234 e. The number of hydrogen-bond donors (Lipinski definition) is 1. The van der Waals surface area contributed by atoms with Crippen molar-refractivity contribution in [2.45, 2.75) is 11.7 Å². The molecule has 2 heterocycles. The summed E-state index contributed by atoms with van der Waals surface area (Å²) in [6.07, 6.45) is 0. The van der Waals surface area contributed by atoms with E-state index in [9.17, 15) is 4.79 Å². The van der Waals surface area contributed by atoms with Crippen LogP contribution in [0.25, 0.3) is 0 Å². The monoisotopic (exact) mass is 440 g/mol. The fourth-order valence-corrected chi connectivity index (χ4v) is 3.88. The number of hydrogen-bond acceptors (Lipinski definition) is 8. The number of amides is 1. The van der Waals surface area contributed by atoms with Crippen LogP contribution in [-0.4, -0.2) is 65.3 Å². The summed E-state index contributed by atoms with van der Waals surface area (Å²) in [6.45, 7) is 3.77. The number of morpholine rings is 1. The number of thioether (sulfide) groups is 1. The molecule has 2 aromatic carbocycles. The van der Waals surface area contributed by atoms with Crippen LogP contribution in [0.1, 0.15) is 5.56 Å². The van der Waals surface area contributed by atoms with Crippen molar-refractivity contribution in [1.82, 2.24) is 20.2 Å². The molecule has 0 unspecified atom stereocenters. The summed E-state index contributed by atoms with van der Waals surface area (Å²) in [5.74, 6) is 0.904. The maximum absolute atomic E-state index is 12.4. The second-order valence-corrected chi connectivity index (χ2v) is 7.89. The number of tetrazole rings is 1. The molecule has 0 spiro atoms. The van der Waals surface area contributed by atoms with Crippen LogP contribution in [0.3, 0.4) is 0 Å². The summed E-state index contributed by atoms with van der Waals surface area (Å²) in [5, 5.41) is 15.3. The number of rotatable bonds is 8. The van der Waals surface area contributed by atoms with E-state index in [0.717, 1.165) is 49.0 Å². The molecule has 0 radical (unpaired) electrons. The molecule has 1 aliphatic rings. The number of benzene rings is 2. The molecule has 1 aliphatic heterocycles. The predicted octanol–water partition coefficient (Wildman–Crippen LogP) is 2.30. The predicted molar refractivity (Wildman–Crippen MR) is 119 cm³/mol. The number of carbonyl (C=O) groups is 1. The topological polar surface area (TPSA) is 94.4 Å². The Hall–Kier alpha value is -3.11. The lowest BCUT2D eigenvalue weighted by atomic mass is 10.2. The molecule has 9 nitrogen and oxygen atoms in total. The van der Waals surface area contributed by atoms with E-state index in [4.69, 9.17) is 9.47 Å². The van der Waals surface area contributed by atoms with Crippen molar-refractivity contribution in [3.8, 4) is 5.75 Å². The summed E-state index contributed by atoms with van der Waals surface area (Å²) in [6, 6.07) is 15.6. The summed E-state index contributed by atoms with van der Waals surface area (Å²) in [5.41, 5.74) is 2.94. The van der Waals surface area contributed by atoms with Gasteiger partial charge in [-0.25, -0.2) is 4.68 Å². The highest BCUT2D eigenvalue weighted by Gasteiger charge is 2.13. The van der Waals surface area contributed by atoms with Gasteiger partial charge in [0.05, 0.1) is 32.6 Å². The van der Waals surface area contributed by atoms with Crippen LogP contribution in [-0.2, 0) is 16.1 Å². The zero-order chi connectivity index (χ0) is 21.5. The molecule has 1 aromatic heterocycles. The van der Waals surface area contributed by atoms with E-state index in [1.165, 1.54) is 11.8 Å². The number of anilines is 2. The first kappa shape index (κ1) is 21.1. The van der Waals surface area contributed by atoms with Crippen molar-refractivity contribution in [2.75, 3.05) is 49.4 Å². The van der Waals surface area contributed by atoms with Gasteiger partial charge >= 0.3 is 0 Å². The van der Waals surface area contributed by atoms with E-state index in [-0.39, 0.29) is 11.7 Å². The van der Waals surface area contributed by atoms with Gasteiger partial charge in [0, 0.05) is 24.5 Å². The first-order chi connectivity index (χ1) is 15.2. The minimum Gasteiger partial charge on any atom is -0.497 e. The highest BCUT2D eigenvalue weighted by Crippen LogP contribution is 2.20. The smallest absolute Gasteiger partial charge is 0.234 e. The van der Waals surface area contributed by atoms with Gasteiger partial charge in [-0.15, -0.1) is 5.10 Å². The van der Waals surface area contributed by atoms with Crippen LogP contribution >= 0.6 is 11.8 Å². The van der Waals surface area contributed by atoms with Crippen LogP contribution in [0.4, 0.5) is 11.4 Å². The molecule has 162 valence electrons. The molecule has 10 heteroatoms. The average Bonchev–Trinajstić information content (AvgIpc) is 3.26. The second-order valence-electron chi connectivity index (χ2n) is 6.95. The van der Waals surface area contributed by atoms with Crippen molar-refractivity contribution in [3.63, 3.8) is 0 Å². The van der Waals surface area contributed by atoms with Gasteiger partial charge in [-0.1, -0.05) is 23.9 Å². The van der Waals surface area contributed by atoms with Gasteiger partial charge in [-0.3, -0.25) is 4.79 Å². The Morgan fingerprint density at radius 3 is 2.58 bits per heavy atom. The first-order valence-electron chi connectivity index (χ1n) is 9.96. The molecule has 1 N–H and O–H groups in total. The summed E-state index contributed by atoms with van der Waals surface area (Å²) < 4.78 is 12.2. The minimum absolute atomic E-state index is 0.108. The Balaban J connectivity index is 1.28.